The number of piperidine rings is 1. The van der Waals surface area contributed by atoms with Crippen molar-refractivity contribution in [2.75, 3.05) is 18.8 Å². The Kier molecular flexibility index (Phi) is 3.21. The van der Waals surface area contributed by atoms with E-state index in [1.807, 2.05) is 4.90 Å². The standard InChI is InChI=1S/C14H22N4O/c15-12-3-8-18(16-12)11-13(19)17-9-6-14(7-10-17)4-1-2-5-14/h3,8H,1-2,4-7,9-11H2,(H2,15,16). The second kappa shape index (κ2) is 4.87. The Morgan fingerprint density at radius 2 is 1.95 bits per heavy atom. The SMILES string of the molecule is Nc1ccn(CC(=O)N2CCC3(CCCC3)CC2)n1. The number of hydrogen-bond acceptors (Lipinski definition) is 3. The zero-order valence-electron chi connectivity index (χ0n) is 11.3. The van der Waals surface area contributed by atoms with Crippen LogP contribution in [0.1, 0.15) is 38.5 Å². The van der Waals surface area contributed by atoms with Crippen molar-refractivity contribution in [3.8, 4) is 0 Å². The van der Waals surface area contributed by atoms with Crippen LogP contribution in [0.5, 0.6) is 0 Å². The molecule has 1 aliphatic heterocycles. The second-order valence-electron chi connectivity index (χ2n) is 6.03. The van der Waals surface area contributed by atoms with Crippen LogP contribution in [0.4, 0.5) is 5.82 Å². The number of likely N-dealkylation sites (tertiary alicyclic amines) is 1. The number of aromatic nitrogens is 2. The first-order valence-corrected chi connectivity index (χ1v) is 7.24. The molecule has 19 heavy (non-hydrogen) atoms. The number of anilines is 1. The molecule has 5 heteroatoms. The van der Waals surface area contributed by atoms with E-state index in [2.05, 4.69) is 5.10 Å². The van der Waals surface area contributed by atoms with E-state index >= 15 is 0 Å². The van der Waals surface area contributed by atoms with E-state index in [9.17, 15) is 4.79 Å². The lowest BCUT2D eigenvalue weighted by Gasteiger charge is -2.39. The van der Waals surface area contributed by atoms with Gasteiger partial charge in [-0.15, -0.1) is 0 Å². The van der Waals surface area contributed by atoms with Crippen molar-refractivity contribution < 1.29 is 4.79 Å². The number of nitrogen functional groups attached to an aromatic ring is 1. The summed E-state index contributed by atoms with van der Waals surface area (Å²) in [7, 11) is 0. The maximum atomic E-state index is 12.2. The van der Waals surface area contributed by atoms with Crippen LogP contribution in [-0.4, -0.2) is 33.7 Å². The Hall–Kier alpha value is -1.52. The Bertz CT molecular complexity index is 452. The molecule has 0 radical (unpaired) electrons. The lowest BCUT2D eigenvalue weighted by Crippen LogP contribution is -2.43. The van der Waals surface area contributed by atoms with Crippen LogP contribution in [0.3, 0.4) is 0 Å². The molecule has 1 amide bonds. The summed E-state index contributed by atoms with van der Waals surface area (Å²) in [6, 6.07) is 1.72. The zero-order chi connectivity index (χ0) is 13.3. The highest BCUT2D eigenvalue weighted by Crippen LogP contribution is 2.46. The minimum Gasteiger partial charge on any atom is -0.382 e. The largest absolute Gasteiger partial charge is 0.382 e. The van der Waals surface area contributed by atoms with Crippen molar-refractivity contribution in [3.63, 3.8) is 0 Å². The van der Waals surface area contributed by atoms with E-state index in [-0.39, 0.29) is 5.91 Å². The lowest BCUT2D eigenvalue weighted by atomic mass is 9.77. The van der Waals surface area contributed by atoms with Gasteiger partial charge in [0.2, 0.25) is 5.91 Å². The number of amides is 1. The first kappa shape index (κ1) is 12.5. The minimum atomic E-state index is 0.163. The number of nitrogens with two attached hydrogens (primary N) is 1. The summed E-state index contributed by atoms with van der Waals surface area (Å²) in [5, 5.41) is 4.06. The van der Waals surface area contributed by atoms with E-state index in [0.717, 1.165) is 13.1 Å². The Morgan fingerprint density at radius 1 is 1.26 bits per heavy atom. The van der Waals surface area contributed by atoms with Crippen molar-refractivity contribution in [1.29, 1.82) is 0 Å². The molecule has 0 bridgehead atoms. The summed E-state index contributed by atoms with van der Waals surface area (Å²) >= 11 is 0. The van der Waals surface area contributed by atoms with Gasteiger partial charge in [-0.2, -0.15) is 5.10 Å². The Morgan fingerprint density at radius 3 is 2.53 bits per heavy atom. The smallest absolute Gasteiger partial charge is 0.244 e. The van der Waals surface area contributed by atoms with Gasteiger partial charge in [-0.1, -0.05) is 12.8 Å². The Balaban J connectivity index is 1.54. The Labute approximate surface area is 113 Å². The van der Waals surface area contributed by atoms with E-state index in [1.54, 1.807) is 16.9 Å². The molecule has 104 valence electrons. The second-order valence-corrected chi connectivity index (χ2v) is 6.03. The fraction of sp³-hybridized carbons (Fsp3) is 0.714. The molecule has 1 saturated heterocycles. The molecule has 0 atom stereocenters. The molecule has 2 heterocycles. The van der Waals surface area contributed by atoms with Crippen LogP contribution in [0, 0.1) is 5.41 Å². The molecular formula is C14H22N4O. The van der Waals surface area contributed by atoms with Gasteiger partial charge in [0.15, 0.2) is 0 Å². The predicted octanol–water partition coefficient (Wildman–Crippen LogP) is 1.65. The van der Waals surface area contributed by atoms with Crippen molar-refractivity contribution in [1.82, 2.24) is 14.7 Å². The van der Waals surface area contributed by atoms with Gasteiger partial charge in [0, 0.05) is 19.3 Å². The first-order valence-electron chi connectivity index (χ1n) is 7.24. The van der Waals surface area contributed by atoms with Gasteiger partial charge < -0.3 is 10.6 Å². The van der Waals surface area contributed by atoms with E-state index in [4.69, 9.17) is 5.73 Å². The molecule has 3 rings (SSSR count). The van der Waals surface area contributed by atoms with E-state index in [0.29, 0.717) is 17.8 Å². The highest BCUT2D eigenvalue weighted by atomic mass is 16.2. The summed E-state index contributed by atoms with van der Waals surface area (Å²) in [4.78, 5) is 14.2. The molecule has 1 aromatic heterocycles. The number of rotatable bonds is 2. The molecule has 1 spiro atoms. The fourth-order valence-electron chi connectivity index (χ4n) is 3.56. The monoisotopic (exact) mass is 262 g/mol. The zero-order valence-corrected chi connectivity index (χ0v) is 11.3. The van der Waals surface area contributed by atoms with Gasteiger partial charge in [0.05, 0.1) is 0 Å². The first-order chi connectivity index (χ1) is 9.17. The normalized spacial score (nSPS) is 22.0. The summed E-state index contributed by atoms with van der Waals surface area (Å²) in [5.74, 6) is 0.632. The highest BCUT2D eigenvalue weighted by molar-refractivity contribution is 5.76. The summed E-state index contributed by atoms with van der Waals surface area (Å²) in [6.07, 6.45) is 9.60. The number of carbonyl (C=O) groups excluding carboxylic acids is 1. The molecule has 0 unspecified atom stereocenters. The van der Waals surface area contributed by atoms with Crippen LogP contribution >= 0.6 is 0 Å². The van der Waals surface area contributed by atoms with Gasteiger partial charge in [0.25, 0.3) is 0 Å². The third-order valence-corrected chi connectivity index (χ3v) is 4.80. The topological polar surface area (TPSA) is 64.2 Å². The van der Waals surface area contributed by atoms with Crippen LogP contribution in [0.25, 0.3) is 0 Å². The molecule has 0 aromatic carbocycles. The number of carbonyl (C=O) groups is 1. The van der Waals surface area contributed by atoms with E-state index < -0.39 is 0 Å². The molecule has 2 N–H and O–H groups in total. The van der Waals surface area contributed by atoms with Crippen molar-refractivity contribution in [2.24, 2.45) is 5.41 Å². The number of hydrogen-bond donors (Lipinski definition) is 1. The predicted molar refractivity (Wildman–Crippen MR) is 73.4 cm³/mol. The van der Waals surface area contributed by atoms with Gasteiger partial charge in [-0.3, -0.25) is 9.48 Å². The summed E-state index contributed by atoms with van der Waals surface area (Å²) < 4.78 is 1.62. The fourth-order valence-corrected chi connectivity index (χ4v) is 3.56. The lowest BCUT2D eigenvalue weighted by molar-refractivity contribution is -0.134. The minimum absolute atomic E-state index is 0.163. The third-order valence-electron chi connectivity index (χ3n) is 4.80. The van der Waals surface area contributed by atoms with Gasteiger partial charge in [-0.05, 0) is 37.2 Å². The number of nitrogens with zero attached hydrogens (tertiary/aromatic N) is 3. The maximum Gasteiger partial charge on any atom is 0.244 e. The van der Waals surface area contributed by atoms with Gasteiger partial charge in [-0.25, -0.2) is 0 Å². The highest BCUT2D eigenvalue weighted by Gasteiger charge is 2.37. The molecule has 5 nitrogen and oxygen atoms in total. The third kappa shape index (κ3) is 2.60. The van der Waals surface area contributed by atoms with Crippen LogP contribution < -0.4 is 5.73 Å². The molecule has 1 saturated carbocycles. The maximum absolute atomic E-state index is 12.2. The quantitative estimate of drug-likeness (QED) is 0.881. The molecule has 2 aliphatic rings. The molecule has 1 aromatic rings. The van der Waals surface area contributed by atoms with Crippen LogP contribution in [-0.2, 0) is 11.3 Å². The average molecular weight is 262 g/mol. The van der Waals surface area contributed by atoms with Crippen molar-refractivity contribution in [2.45, 2.75) is 45.1 Å². The van der Waals surface area contributed by atoms with Crippen LogP contribution in [0.2, 0.25) is 0 Å². The van der Waals surface area contributed by atoms with Gasteiger partial charge in [0.1, 0.15) is 12.4 Å². The molecular weight excluding hydrogens is 240 g/mol. The van der Waals surface area contributed by atoms with Crippen LogP contribution in [0.15, 0.2) is 12.3 Å². The van der Waals surface area contributed by atoms with Crippen molar-refractivity contribution >= 4 is 11.7 Å². The molecule has 1 aliphatic carbocycles. The molecule has 2 fully saturated rings. The average Bonchev–Trinajstić information content (AvgIpc) is 3.00. The van der Waals surface area contributed by atoms with Gasteiger partial charge >= 0.3 is 0 Å². The van der Waals surface area contributed by atoms with E-state index in [1.165, 1.54) is 38.5 Å². The summed E-state index contributed by atoms with van der Waals surface area (Å²) in [6.45, 7) is 2.13. The summed E-state index contributed by atoms with van der Waals surface area (Å²) in [5.41, 5.74) is 6.12. The van der Waals surface area contributed by atoms with Crippen molar-refractivity contribution in [3.05, 3.63) is 12.3 Å².